The first-order chi connectivity index (χ1) is 17.4. The summed E-state index contributed by atoms with van der Waals surface area (Å²) in [5.74, 6) is 1.84. The molecule has 0 saturated heterocycles. The van der Waals surface area contributed by atoms with E-state index in [1.165, 1.54) is 13.2 Å². The summed E-state index contributed by atoms with van der Waals surface area (Å²) >= 11 is 9.96. The van der Waals surface area contributed by atoms with Crippen molar-refractivity contribution in [3.05, 3.63) is 97.0 Å². The van der Waals surface area contributed by atoms with Gasteiger partial charge in [-0.05, 0) is 57.6 Å². The molecular weight excluding hydrogens is 548 g/mol. The van der Waals surface area contributed by atoms with Gasteiger partial charge >= 0.3 is 0 Å². The molecule has 2 aliphatic rings. The Labute approximate surface area is 222 Å². The van der Waals surface area contributed by atoms with E-state index in [0.29, 0.717) is 28.9 Å². The third-order valence-corrected chi connectivity index (χ3v) is 7.75. The topological polar surface area (TPSA) is 82.9 Å². The minimum absolute atomic E-state index is 0.0225. The molecule has 186 valence electrons. The fourth-order valence-corrected chi connectivity index (χ4v) is 5.84. The van der Waals surface area contributed by atoms with Crippen LogP contribution in [0.25, 0.3) is 0 Å². The molecule has 1 aliphatic carbocycles. The summed E-state index contributed by atoms with van der Waals surface area (Å²) in [5.41, 5.74) is 3.56. The van der Waals surface area contributed by atoms with Crippen molar-refractivity contribution in [2.75, 3.05) is 19.5 Å². The fraction of sp³-hybridized carbons (Fsp3) is 0.259. The van der Waals surface area contributed by atoms with E-state index in [1.54, 1.807) is 13.2 Å². The van der Waals surface area contributed by atoms with Gasteiger partial charge < -0.3 is 19.5 Å². The third-order valence-electron chi connectivity index (χ3n) is 6.79. The van der Waals surface area contributed by atoms with E-state index >= 15 is 0 Å². The number of hydrogen-bond acceptors (Lipinski definition) is 6. The van der Waals surface area contributed by atoms with Crippen molar-refractivity contribution in [1.82, 2.24) is 0 Å². The highest BCUT2D eigenvalue weighted by molar-refractivity contribution is 9.10. The van der Waals surface area contributed by atoms with Gasteiger partial charge in [-0.1, -0.05) is 42.0 Å². The molecule has 3 aromatic rings. The van der Waals surface area contributed by atoms with Crippen LogP contribution in [-0.2, 0) is 6.61 Å². The number of rotatable bonds is 7. The number of benzene rings is 3. The third kappa shape index (κ3) is 4.40. The van der Waals surface area contributed by atoms with Crippen LogP contribution in [0.2, 0.25) is 5.02 Å². The predicted molar refractivity (Wildman–Crippen MR) is 142 cm³/mol. The lowest BCUT2D eigenvalue weighted by atomic mass is 9.76. The summed E-state index contributed by atoms with van der Waals surface area (Å²) in [4.78, 5) is 11.1. The smallest absolute Gasteiger partial charge is 0.273 e. The monoisotopic (exact) mass is 570 g/mol. The highest BCUT2D eigenvalue weighted by Gasteiger charge is 2.40. The molecule has 1 N–H and O–H groups in total. The zero-order valence-corrected chi connectivity index (χ0v) is 22.0. The average Bonchev–Trinajstić information content (AvgIpc) is 3.37. The van der Waals surface area contributed by atoms with Crippen LogP contribution in [0.4, 0.5) is 11.4 Å². The number of halogens is 2. The Morgan fingerprint density at radius 3 is 2.64 bits per heavy atom. The lowest BCUT2D eigenvalue weighted by Crippen LogP contribution is -2.29. The number of methoxy groups -OCH3 is 2. The second kappa shape index (κ2) is 10.0. The molecule has 0 radical (unpaired) electrons. The van der Waals surface area contributed by atoms with Crippen molar-refractivity contribution in [1.29, 1.82) is 0 Å². The van der Waals surface area contributed by atoms with Gasteiger partial charge in [0.1, 0.15) is 12.4 Å². The van der Waals surface area contributed by atoms with E-state index in [4.69, 9.17) is 25.8 Å². The maximum absolute atomic E-state index is 11.5. The Morgan fingerprint density at radius 1 is 1.14 bits per heavy atom. The lowest BCUT2D eigenvalue weighted by molar-refractivity contribution is -0.385. The quantitative estimate of drug-likeness (QED) is 0.180. The first-order valence-electron chi connectivity index (χ1n) is 11.4. The molecule has 3 aromatic carbocycles. The summed E-state index contributed by atoms with van der Waals surface area (Å²) in [5, 5.41) is 15.8. The van der Waals surface area contributed by atoms with Crippen molar-refractivity contribution in [2.45, 2.75) is 25.0 Å². The maximum atomic E-state index is 11.5. The van der Waals surface area contributed by atoms with Crippen LogP contribution in [0, 0.1) is 16.0 Å². The number of anilines is 1. The normalized spacial score (nSPS) is 19.7. The number of hydrogen-bond donors (Lipinski definition) is 1. The summed E-state index contributed by atoms with van der Waals surface area (Å²) in [6.45, 7) is 0.299. The number of nitro groups is 1. The van der Waals surface area contributed by atoms with Gasteiger partial charge in [0.05, 0.1) is 41.4 Å². The van der Waals surface area contributed by atoms with E-state index in [1.807, 2.05) is 36.4 Å². The Balaban J connectivity index is 1.50. The van der Waals surface area contributed by atoms with Gasteiger partial charge in [0, 0.05) is 22.6 Å². The molecule has 0 amide bonds. The summed E-state index contributed by atoms with van der Waals surface area (Å²) in [6.07, 6.45) is 5.11. The average molecular weight is 572 g/mol. The van der Waals surface area contributed by atoms with E-state index in [2.05, 4.69) is 33.4 Å². The Bertz CT molecular complexity index is 1360. The van der Waals surface area contributed by atoms with Crippen molar-refractivity contribution in [2.24, 2.45) is 5.92 Å². The van der Waals surface area contributed by atoms with E-state index < -0.39 is 0 Å². The van der Waals surface area contributed by atoms with Gasteiger partial charge in [-0.15, -0.1) is 0 Å². The summed E-state index contributed by atoms with van der Waals surface area (Å²) < 4.78 is 18.1. The first kappa shape index (κ1) is 24.5. The van der Waals surface area contributed by atoms with Gasteiger partial charge in [-0.3, -0.25) is 10.1 Å². The number of non-ortho nitro benzene ring substituents is 1. The molecule has 0 spiro atoms. The molecule has 0 aromatic heterocycles. The van der Waals surface area contributed by atoms with Gasteiger partial charge in [-0.2, -0.15) is 0 Å². The standard InChI is InChI=1S/C27H24BrClN2O5/c1-34-23-13-17(31(32)33)12-20-18-7-5-8-19(18)25(30-26(20)23)16-10-21(28)27(24(11-16)35-2)36-14-15-6-3-4-9-22(15)29/h3-7,9-13,18-19,25,30H,8,14H2,1-2H3/t18-,19+,25-/m1/s1. The van der Waals surface area contributed by atoms with E-state index in [0.717, 1.165) is 33.3 Å². The Morgan fingerprint density at radius 2 is 1.92 bits per heavy atom. The van der Waals surface area contributed by atoms with Crippen molar-refractivity contribution >= 4 is 38.9 Å². The molecule has 7 nitrogen and oxygen atoms in total. The summed E-state index contributed by atoms with van der Waals surface area (Å²) in [7, 11) is 3.14. The molecule has 0 fully saturated rings. The Kier molecular flexibility index (Phi) is 6.81. The minimum Gasteiger partial charge on any atom is -0.494 e. The van der Waals surface area contributed by atoms with Crippen LogP contribution >= 0.6 is 27.5 Å². The lowest BCUT2D eigenvalue weighted by Gasteiger charge is -2.38. The fourth-order valence-electron chi connectivity index (χ4n) is 5.07. The zero-order chi connectivity index (χ0) is 25.4. The van der Waals surface area contributed by atoms with Crippen molar-refractivity contribution in [3.8, 4) is 17.2 Å². The largest absolute Gasteiger partial charge is 0.494 e. The second-order valence-corrected chi connectivity index (χ2v) is 10.0. The van der Waals surface area contributed by atoms with Crippen LogP contribution in [0.3, 0.4) is 0 Å². The molecule has 9 heteroatoms. The van der Waals surface area contributed by atoms with Crippen LogP contribution in [0.15, 0.2) is 65.2 Å². The zero-order valence-electron chi connectivity index (χ0n) is 19.7. The molecule has 3 atom stereocenters. The van der Waals surface area contributed by atoms with Crippen LogP contribution in [0.5, 0.6) is 17.2 Å². The SMILES string of the molecule is COc1cc([N+](=O)[O-])cc2c1N[C@H](c1cc(Br)c(OCc3ccccc3Cl)c(OC)c1)[C@H]1CC=C[C@@H]21. The Hall–Kier alpha value is -3.23. The van der Waals surface area contributed by atoms with Crippen LogP contribution in [-0.4, -0.2) is 19.1 Å². The molecule has 5 rings (SSSR count). The van der Waals surface area contributed by atoms with Crippen molar-refractivity contribution in [3.63, 3.8) is 0 Å². The van der Waals surface area contributed by atoms with E-state index in [-0.39, 0.29) is 28.5 Å². The number of nitrogens with zero attached hydrogens (tertiary/aromatic N) is 1. The first-order valence-corrected chi connectivity index (χ1v) is 12.6. The minimum atomic E-state index is -0.383. The van der Waals surface area contributed by atoms with Gasteiger partial charge in [0.25, 0.3) is 5.69 Å². The highest BCUT2D eigenvalue weighted by atomic mass is 79.9. The number of ether oxygens (including phenoxy) is 3. The number of fused-ring (bicyclic) bond motifs is 3. The van der Waals surface area contributed by atoms with E-state index in [9.17, 15) is 10.1 Å². The second-order valence-electron chi connectivity index (χ2n) is 8.76. The molecular formula is C27H24BrClN2O5. The van der Waals surface area contributed by atoms with Gasteiger partial charge in [0.2, 0.25) is 0 Å². The van der Waals surface area contributed by atoms with Crippen molar-refractivity contribution < 1.29 is 19.1 Å². The number of nitro benzene ring substituents is 1. The predicted octanol–water partition coefficient (Wildman–Crippen LogP) is 7.43. The number of allylic oxidation sites excluding steroid dienone is 2. The molecule has 36 heavy (non-hydrogen) atoms. The van der Waals surface area contributed by atoms with Crippen LogP contribution in [0.1, 0.15) is 35.1 Å². The number of nitrogens with one attached hydrogen (secondary N) is 1. The molecule has 1 heterocycles. The molecule has 1 aliphatic heterocycles. The molecule has 0 unspecified atom stereocenters. The highest BCUT2D eigenvalue weighted by Crippen LogP contribution is 2.54. The maximum Gasteiger partial charge on any atom is 0.273 e. The molecule has 0 saturated carbocycles. The summed E-state index contributed by atoms with van der Waals surface area (Å²) in [6, 6.07) is 14.6. The van der Waals surface area contributed by atoms with Gasteiger partial charge in [0.15, 0.2) is 11.5 Å². The van der Waals surface area contributed by atoms with Crippen LogP contribution < -0.4 is 19.5 Å². The molecule has 0 bridgehead atoms. The van der Waals surface area contributed by atoms with Gasteiger partial charge in [-0.25, -0.2) is 0 Å².